The minimum Gasteiger partial charge on any atom is -0.813 e. The van der Waals surface area contributed by atoms with Crippen LogP contribution in [0.3, 0.4) is 0 Å². The third-order valence-corrected chi connectivity index (χ3v) is 5.16. The average Bonchev–Trinajstić information content (AvgIpc) is 2.70. The summed E-state index contributed by atoms with van der Waals surface area (Å²) in [7, 11) is 0. The molecule has 0 aromatic heterocycles. The minimum absolute atomic E-state index is 0. The summed E-state index contributed by atoms with van der Waals surface area (Å²) in [5.41, 5.74) is 8.28. The Labute approximate surface area is 197 Å². The Balaban J connectivity index is 0.00000182. The third-order valence-electron chi connectivity index (χ3n) is 5.16. The van der Waals surface area contributed by atoms with Gasteiger partial charge >= 0.3 is 0 Å². The standard InChI is InChI=1S/C25H28.H2S.Y/c1-4-19-7-13-22(14-8-19)25(23-15-9-20(5-2)10-16-23)24-17-11-21(6-3)12-18-24;;/h7-18,25H,4-6H2,1-3H3;1H2;/p-1. The summed E-state index contributed by atoms with van der Waals surface area (Å²) in [5.74, 6) is 0.294. The molecule has 0 N–H and O–H groups in total. The summed E-state index contributed by atoms with van der Waals surface area (Å²) >= 11 is 0. The Hall–Kier alpha value is -0.886. The van der Waals surface area contributed by atoms with Crippen molar-refractivity contribution in [3.63, 3.8) is 0 Å². The summed E-state index contributed by atoms with van der Waals surface area (Å²) in [6.07, 6.45) is 3.25. The predicted octanol–water partition coefficient (Wildman–Crippen LogP) is 6.28. The van der Waals surface area contributed by atoms with E-state index >= 15 is 0 Å². The maximum absolute atomic E-state index is 2.30. The molecule has 0 fully saturated rings. The number of hydrogen-bond donors (Lipinski definition) is 0. The van der Waals surface area contributed by atoms with Crippen LogP contribution in [0.2, 0.25) is 0 Å². The van der Waals surface area contributed by atoms with Gasteiger partial charge in [0, 0.05) is 38.6 Å². The molecule has 0 saturated heterocycles. The molecule has 0 atom stereocenters. The first-order chi connectivity index (χ1) is 12.2. The number of rotatable bonds is 6. The molecule has 0 bridgehead atoms. The van der Waals surface area contributed by atoms with Crippen molar-refractivity contribution in [2.75, 3.05) is 0 Å². The Morgan fingerprint density at radius 3 is 0.889 bits per heavy atom. The molecule has 139 valence electrons. The Bertz CT molecular complexity index is 676. The quantitative estimate of drug-likeness (QED) is 0.242. The van der Waals surface area contributed by atoms with E-state index < -0.39 is 0 Å². The van der Waals surface area contributed by atoms with Gasteiger partial charge < -0.3 is 13.5 Å². The second-order valence-electron chi connectivity index (χ2n) is 6.72. The summed E-state index contributed by atoms with van der Waals surface area (Å²) in [6.45, 7) is 6.62. The van der Waals surface area contributed by atoms with Crippen molar-refractivity contribution in [2.45, 2.75) is 46.0 Å². The molecule has 0 aliphatic heterocycles. The molecule has 2 heteroatoms. The maximum Gasteiger partial charge on any atom is 0.0339 e. The third kappa shape index (κ3) is 6.04. The zero-order valence-corrected chi connectivity index (χ0v) is 20.4. The van der Waals surface area contributed by atoms with Crippen LogP contribution in [0.1, 0.15) is 60.1 Å². The molecule has 3 rings (SSSR count). The molecular formula is C25H29SY-. The fourth-order valence-corrected chi connectivity index (χ4v) is 3.41. The molecule has 0 spiro atoms. The first-order valence-corrected chi connectivity index (χ1v) is 9.51. The molecule has 0 amide bonds. The van der Waals surface area contributed by atoms with Gasteiger partial charge in [-0.3, -0.25) is 0 Å². The van der Waals surface area contributed by atoms with Gasteiger partial charge in [-0.05, 0) is 52.6 Å². The van der Waals surface area contributed by atoms with Crippen molar-refractivity contribution in [3.05, 3.63) is 106 Å². The van der Waals surface area contributed by atoms with E-state index in [1.54, 1.807) is 0 Å². The molecule has 0 aliphatic rings. The van der Waals surface area contributed by atoms with Gasteiger partial charge in [-0.1, -0.05) is 93.6 Å². The molecule has 0 aliphatic carbocycles. The predicted molar refractivity (Wildman–Crippen MR) is 117 cm³/mol. The molecule has 0 unspecified atom stereocenters. The van der Waals surface area contributed by atoms with Crippen molar-refractivity contribution in [1.82, 2.24) is 0 Å². The van der Waals surface area contributed by atoms with Crippen LogP contribution in [0, 0.1) is 0 Å². The largest absolute Gasteiger partial charge is 0.813 e. The Morgan fingerprint density at radius 1 is 0.481 bits per heavy atom. The van der Waals surface area contributed by atoms with E-state index in [-0.39, 0.29) is 46.2 Å². The van der Waals surface area contributed by atoms with Crippen LogP contribution < -0.4 is 0 Å². The minimum atomic E-state index is 0. The van der Waals surface area contributed by atoms with Crippen LogP contribution >= 0.6 is 0 Å². The molecule has 1 radical (unpaired) electrons. The topological polar surface area (TPSA) is 0 Å². The molecule has 0 nitrogen and oxygen atoms in total. The fourth-order valence-electron chi connectivity index (χ4n) is 3.41. The maximum atomic E-state index is 2.30. The van der Waals surface area contributed by atoms with Gasteiger partial charge in [-0.25, -0.2) is 0 Å². The summed E-state index contributed by atoms with van der Waals surface area (Å²) < 4.78 is 0. The SMILES string of the molecule is CCc1ccc(C(c2ccc(CC)cc2)c2ccc(CC)cc2)cc1.[SH-].[Y]. The monoisotopic (exact) mass is 450 g/mol. The van der Waals surface area contributed by atoms with E-state index in [1.807, 2.05) is 0 Å². The Morgan fingerprint density at radius 2 is 0.704 bits per heavy atom. The van der Waals surface area contributed by atoms with Gasteiger partial charge in [0.15, 0.2) is 0 Å². The first-order valence-electron chi connectivity index (χ1n) is 9.51. The van der Waals surface area contributed by atoms with Crippen molar-refractivity contribution in [2.24, 2.45) is 0 Å². The van der Waals surface area contributed by atoms with E-state index in [1.165, 1.54) is 33.4 Å². The summed E-state index contributed by atoms with van der Waals surface area (Å²) in [6, 6.07) is 27.4. The molecule has 3 aromatic carbocycles. The van der Waals surface area contributed by atoms with Gasteiger partial charge in [-0.15, -0.1) is 0 Å². The van der Waals surface area contributed by atoms with Gasteiger partial charge in [0.1, 0.15) is 0 Å². The van der Waals surface area contributed by atoms with E-state index in [9.17, 15) is 0 Å². The number of benzene rings is 3. The van der Waals surface area contributed by atoms with Crippen molar-refractivity contribution >= 4 is 13.5 Å². The van der Waals surface area contributed by atoms with E-state index in [2.05, 4.69) is 93.6 Å². The smallest absolute Gasteiger partial charge is 0.0339 e. The van der Waals surface area contributed by atoms with Gasteiger partial charge in [0.2, 0.25) is 0 Å². The van der Waals surface area contributed by atoms with Crippen LogP contribution in [0.5, 0.6) is 0 Å². The molecule has 0 heterocycles. The van der Waals surface area contributed by atoms with Crippen LogP contribution in [-0.2, 0) is 65.5 Å². The number of thiol groups is 1. The molecular weight excluding hydrogens is 421 g/mol. The summed E-state index contributed by atoms with van der Waals surface area (Å²) in [4.78, 5) is 0. The van der Waals surface area contributed by atoms with Gasteiger partial charge in [0.25, 0.3) is 0 Å². The van der Waals surface area contributed by atoms with Crippen LogP contribution in [0.25, 0.3) is 0 Å². The van der Waals surface area contributed by atoms with E-state index in [0.717, 1.165) is 19.3 Å². The van der Waals surface area contributed by atoms with Crippen molar-refractivity contribution in [3.8, 4) is 0 Å². The number of aryl methyl sites for hydroxylation is 3. The molecule has 0 saturated carbocycles. The van der Waals surface area contributed by atoms with Gasteiger partial charge in [0.05, 0.1) is 0 Å². The molecule has 3 aromatic rings. The van der Waals surface area contributed by atoms with E-state index in [0.29, 0.717) is 5.92 Å². The normalized spacial score (nSPS) is 10.2. The van der Waals surface area contributed by atoms with Crippen LogP contribution in [0.15, 0.2) is 72.8 Å². The van der Waals surface area contributed by atoms with Crippen molar-refractivity contribution in [1.29, 1.82) is 0 Å². The summed E-state index contributed by atoms with van der Waals surface area (Å²) in [5, 5.41) is 0. The Kier molecular flexibility index (Phi) is 10.6. The number of hydrogen-bond acceptors (Lipinski definition) is 1. The van der Waals surface area contributed by atoms with Crippen molar-refractivity contribution < 1.29 is 32.7 Å². The average molecular weight is 450 g/mol. The molecule has 27 heavy (non-hydrogen) atoms. The fraction of sp³-hybridized carbons (Fsp3) is 0.280. The van der Waals surface area contributed by atoms with E-state index in [4.69, 9.17) is 0 Å². The second kappa shape index (κ2) is 11.8. The van der Waals surface area contributed by atoms with Crippen LogP contribution in [0.4, 0.5) is 0 Å². The zero-order chi connectivity index (χ0) is 17.6. The van der Waals surface area contributed by atoms with Crippen LogP contribution in [-0.4, -0.2) is 0 Å². The second-order valence-corrected chi connectivity index (χ2v) is 6.72. The van der Waals surface area contributed by atoms with Gasteiger partial charge in [-0.2, -0.15) is 0 Å². The first kappa shape index (κ1) is 24.2. The zero-order valence-electron chi connectivity index (χ0n) is 16.7.